The minimum absolute atomic E-state index is 0.0985. The molecule has 6 heteroatoms. The average molecular weight is 510 g/mol. The van der Waals surface area contributed by atoms with Crippen LogP contribution in [0.1, 0.15) is 35.9 Å². The van der Waals surface area contributed by atoms with E-state index in [4.69, 9.17) is 16.3 Å². The number of ketones is 1. The molecule has 3 aromatic carbocycles. The van der Waals surface area contributed by atoms with Crippen LogP contribution >= 0.6 is 27.5 Å². The van der Waals surface area contributed by atoms with E-state index >= 15 is 0 Å². The normalized spacial score (nSPS) is 19.9. The molecule has 0 bridgehead atoms. The van der Waals surface area contributed by atoms with Gasteiger partial charge in [0.1, 0.15) is 5.75 Å². The highest BCUT2D eigenvalue weighted by atomic mass is 79.9. The number of carbonyl (C=O) groups is 1. The van der Waals surface area contributed by atoms with Gasteiger partial charge in [-0.3, -0.25) is 4.79 Å². The Morgan fingerprint density at radius 1 is 1.00 bits per heavy atom. The third-order valence-electron chi connectivity index (χ3n) is 6.15. The summed E-state index contributed by atoms with van der Waals surface area (Å²) < 4.78 is 6.61. The minimum Gasteiger partial charge on any atom is -0.496 e. The number of methoxy groups -OCH3 is 1. The zero-order chi connectivity index (χ0) is 22.2. The number of benzene rings is 3. The minimum atomic E-state index is -0.327. The molecule has 2 atom stereocenters. The molecule has 0 fully saturated rings. The Kier molecular flexibility index (Phi) is 5.70. The number of halogens is 2. The Morgan fingerprint density at radius 3 is 2.50 bits per heavy atom. The lowest BCUT2D eigenvalue weighted by Crippen LogP contribution is -2.27. The van der Waals surface area contributed by atoms with Crippen molar-refractivity contribution in [2.45, 2.75) is 24.8 Å². The molecule has 32 heavy (non-hydrogen) atoms. The lowest BCUT2D eigenvalue weighted by atomic mass is 9.78. The molecule has 2 aliphatic rings. The van der Waals surface area contributed by atoms with Gasteiger partial charge in [0.25, 0.3) is 0 Å². The Morgan fingerprint density at radius 2 is 1.75 bits per heavy atom. The number of fused-ring (bicyclic) bond motifs is 1. The predicted octanol–water partition coefficient (Wildman–Crippen LogP) is 7.09. The third-order valence-corrected chi connectivity index (χ3v) is 6.90. The fourth-order valence-corrected chi connectivity index (χ4v) is 5.13. The van der Waals surface area contributed by atoms with Crippen molar-refractivity contribution in [3.8, 4) is 5.75 Å². The van der Waals surface area contributed by atoms with E-state index in [1.54, 1.807) is 7.11 Å². The van der Waals surface area contributed by atoms with Crippen molar-refractivity contribution >= 4 is 44.7 Å². The van der Waals surface area contributed by atoms with Crippen molar-refractivity contribution in [2.24, 2.45) is 0 Å². The molecule has 4 nitrogen and oxygen atoms in total. The Balaban J connectivity index is 1.64. The molecular weight excluding hydrogens is 488 g/mol. The zero-order valence-corrected chi connectivity index (χ0v) is 19.8. The second-order valence-electron chi connectivity index (χ2n) is 8.11. The Labute approximate surface area is 200 Å². The third kappa shape index (κ3) is 3.91. The standard InChI is InChI=1S/C26H22BrClN2O2/c1-32-24-11-8-17(27)14-19(24)26-25-22(29-20-4-2-3-5-21(20)30-26)12-16(13-23(25)31)15-6-9-18(28)10-7-15/h2-11,14,16,26,29-30H,12-13H2,1H3/t16-,26+/m1/s1. The van der Waals surface area contributed by atoms with Gasteiger partial charge in [0, 0.05) is 32.7 Å². The van der Waals surface area contributed by atoms with Crippen molar-refractivity contribution in [3.05, 3.63) is 98.6 Å². The Hall–Kier alpha value is -2.76. The number of anilines is 2. The van der Waals surface area contributed by atoms with Crippen LogP contribution in [-0.4, -0.2) is 12.9 Å². The summed E-state index contributed by atoms with van der Waals surface area (Å²) in [4.78, 5) is 13.6. The Bertz CT molecular complexity index is 1220. The second kappa shape index (κ2) is 8.64. The van der Waals surface area contributed by atoms with Crippen LogP contribution < -0.4 is 15.4 Å². The van der Waals surface area contributed by atoms with Gasteiger partial charge < -0.3 is 15.4 Å². The maximum atomic E-state index is 13.6. The number of ether oxygens (including phenoxy) is 1. The first kappa shape index (κ1) is 21.1. The van der Waals surface area contributed by atoms with E-state index in [0.717, 1.165) is 50.4 Å². The van der Waals surface area contributed by atoms with Crippen LogP contribution in [0.4, 0.5) is 11.4 Å². The van der Waals surface area contributed by atoms with Gasteiger partial charge in [-0.15, -0.1) is 0 Å². The fourth-order valence-electron chi connectivity index (χ4n) is 4.63. The number of hydrogen-bond acceptors (Lipinski definition) is 4. The lowest BCUT2D eigenvalue weighted by molar-refractivity contribution is -0.116. The first-order valence-corrected chi connectivity index (χ1v) is 11.7. The molecule has 0 saturated carbocycles. The number of allylic oxidation sites excluding steroid dienone is 1. The molecule has 0 amide bonds. The molecule has 0 radical (unpaired) electrons. The van der Waals surface area contributed by atoms with Crippen LogP contribution in [0.5, 0.6) is 5.75 Å². The smallest absolute Gasteiger partial charge is 0.163 e. The summed E-state index contributed by atoms with van der Waals surface area (Å²) in [6.45, 7) is 0. The highest BCUT2D eigenvalue weighted by Crippen LogP contribution is 2.46. The van der Waals surface area contributed by atoms with E-state index in [2.05, 4.69) is 26.6 Å². The quantitative estimate of drug-likeness (QED) is 0.396. The van der Waals surface area contributed by atoms with Gasteiger partial charge in [0.2, 0.25) is 0 Å². The van der Waals surface area contributed by atoms with Crippen LogP contribution in [0.15, 0.2) is 82.5 Å². The molecule has 1 heterocycles. The predicted molar refractivity (Wildman–Crippen MR) is 133 cm³/mol. The van der Waals surface area contributed by atoms with E-state index in [0.29, 0.717) is 11.4 Å². The molecule has 3 aromatic rings. The number of Topliss-reactive ketones (excluding diaryl/α,β-unsaturated/α-hetero) is 1. The first-order chi connectivity index (χ1) is 15.5. The van der Waals surface area contributed by atoms with Crippen LogP contribution in [0.25, 0.3) is 0 Å². The molecule has 5 rings (SSSR count). The van der Waals surface area contributed by atoms with E-state index in [1.807, 2.05) is 66.7 Å². The molecule has 0 spiro atoms. The maximum Gasteiger partial charge on any atom is 0.163 e. The summed E-state index contributed by atoms with van der Waals surface area (Å²) in [5, 5.41) is 7.88. The topological polar surface area (TPSA) is 50.4 Å². The maximum absolute atomic E-state index is 13.6. The largest absolute Gasteiger partial charge is 0.496 e. The van der Waals surface area contributed by atoms with E-state index in [1.165, 1.54) is 0 Å². The highest BCUT2D eigenvalue weighted by molar-refractivity contribution is 9.10. The van der Waals surface area contributed by atoms with E-state index in [9.17, 15) is 4.79 Å². The summed E-state index contributed by atoms with van der Waals surface area (Å²) in [6, 6.07) is 21.4. The van der Waals surface area contributed by atoms with Crippen molar-refractivity contribution in [1.29, 1.82) is 0 Å². The zero-order valence-electron chi connectivity index (χ0n) is 17.5. The van der Waals surface area contributed by atoms with Gasteiger partial charge in [-0.05, 0) is 60.4 Å². The monoisotopic (exact) mass is 508 g/mol. The lowest BCUT2D eigenvalue weighted by Gasteiger charge is -2.30. The summed E-state index contributed by atoms with van der Waals surface area (Å²) in [6.07, 6.45) is 1.19. The van der Waals surface area contributed by atoms with Crippen LogP contribution in [-0.2, 0) is 4.79 Å². The van der Waals surface area contributed by atoms with Crippen molar-refractivity contribution in [3.63, 3.8) is 0 Å². The van der Waals surface area contributed by atoms with Crippen molar-refractivity contribution < 1.29 is 9.53 Å². The van der Waals surface area contributed by atoms with Crippen LogP contribution in [0.3, 0.4) is 0 Å². The molecule has 1 aliphatic heterocycles. The second-order valence-corrected chi connectivity index (χ2v) is 9.46. The van der Waals surface area contributed by atoms with Gasteiger partial charge in [-0.2, -0.15) is 0 Å². The summed E-state index contributed by atoms with van der Waals surface area (Å²) in [7, 11) is 1.66. The molecule has 2 N–H and O–H groups in total. The number of hydrogen-bond donors (Lipinski definition) is 2. The number of rotatable bonds is 3. The number of para-hydroxylation sites is 2. The number of carbonyl (C=O) groups excluding carboxylic acids is 1. The fraction of sp³-hybridized carbons (Fsp3) is 0.192. The van der Waals surface area contributed by atoms with Gasteiger partial charge in [-0.1, -0.05) is 51.8 Å². The molecule has 162 valence electrons. The van der Waals surface area contributed by atoms with E-state index < -0.39 is 0 Å². The van der Waals surface area contributed by atoms with Gasteiger partial charge in [0.05, 0.1) is 24.5 Å². The van der Waals surface area contributed by atoms with Crippen LogP contribution in [0, 0.1) is 0 Å². The summed E-state index contributed by atoms with van der Waals surface area (Å²) >= 11 is 9.67. The molecule has 1 aliphatic carbocycles. The number of nitrogens with one attached hydrogen (secondary N) is 2. The molecule has 0 saturated heterocycles. The highest BCUT2D eigenvalue weighted by Gasteiger charge is 2.37. The molecule has 0 aromatic heterocycles. The van der Waals surface area contributed by atoms with Gasteiger partial charge >= 0.3 is 0 Å². The van der Waals surface area contributed by atoms with Crippen LogP contribution in [0.2, 0.25) is 5.02 Å². The van der Waals surface area contributed by atoms with Gasteiger partial charge in [-0.25, -0.2) is 0 Å². The summed E-state index contributed by atoms with van der Waals surface area (Å²) in [5.74, 6) is 0.969. The molecular formula is C26H22BrClN2O2. The van der Waals surface area contributed by atoms with E-state index in [-0.39, 0.29) is 17.7 Å². The first-order valence-electron chi connectivity index (χ1n) is 10.5. The molecule has 0 unspecified atom stereocenters. The SMILES string of the molecule is COc1ccc(Br)cc1[C@@H]1Nc2ccccc2NC2=C1C(=O)C[C@H](c1ccc(Cl)cc1)C2. The average Bonchev–Trinajstić information content (AvgIpc) is 2.96. The van der Waals surface area contributed by atoms with Gasteiger partial charge in [0.15, 0.2) is 5.78 Å². The summed E-state index contributed by atoms with van der Waals surface area (Å²) in [5.41, 5.74) is 5.67. The van der Waals surface area contributed by atoms with Crippen molar-refractivity contribution in [1.82, 2.24) is 0 Å². The van der Waals surface area contributed by atoms with Crippen molar-refractivity contribution in [2.75, 3.05) is 17.7 Å².